The number of nitrogen functional groups attached to an aromatic ring is 1. The number of anilines is 1. The van der Waals surface area contributed by atoms with Crippen molar-refractivity contribution in [3.63, 3.8) is 0 Å². The molecule has 36 heavy (non-hydrogen) atoms. The molecular formula is C28H26FN5O2. The number of carbonyl (C=O) groups excluding carboxylic acids is 1. The molecule has 3 aromatic carbocycles. The fourth-order valence-corrected chi connectivity index (χ4v) is 4.37. The quantitative estimate of drug-likeness (QED) is 0.338. The van der Waals surface area contributed by atoms with E-state index < -0.39 is 0 Å². The maximum atomic E-state index is 13.3. The smallest absolute Gasteiger partial charge is 0.257 e. The van der Waals surface area contributed by atoms with Crippen LogP contribution in [-0.2, 0) is 19.4 Å². The molecule has 0 aliphatic heterocycles. The van der Waals surface area contributed by atoms with Gasteiger partial charge in [-0.15, -0.1) is 0 Å². The number of hydrogen-bond acceptors (Lipinski definition) is 5. The highest BCUT2D eigenvalue weighted by molar-refractivity contribution is 6.10. The zero-order chi connectivity index (χ0) is 25.1. The van der Waals surface area contributed by atoms with E-state index in [9.17, 15) is 9.18 Å². The lowest BCUT2D eigenvalue weighted by atomic mass is 10.1. The van der Waals surface area contributed by atoms with Crippen LogP contribution in [0.3, 0.4) is 0 Å². The summed E-state index contributed by atoms with van der Waals surface area (Å²) in [5, 5.41) is 2.93. The van der Waals surface area contributed by atoms with Crippen molar-refractivity contribution in [2.75, 3.05) is 19.4 Å². The maximum absolute atomic E-state index is 13.3. The first-order valence-corrected chi connectivity index (χ1v) is 11.7. The number of benzene rings is 3. The van der Waals surface area contributed by atoms with Crippen LogP contribution in [0.25, 0.3) is 22.2 Å². The van der Waals surface area contributed by atoms with Crippen molar-refractivity contribution < 1.29 is 13.9 Å². The number of amides is 1. The highest BCUT2D eigenvalue weighted by Gasteiger charge is 2.24. The van der Waals surface area contributed by atoms with Crippen LogP contribution in [-0.4, -0.2) is 34.1 Å². The summed E-state index contributed by atoms with van der Waals surface area (Å²) in [6.45, 7) is 0.872. The fraction of sp³-hybridized carbons (Fsp3) is 0.179. The second kappa shape index (κ2) is 10.0. The Labute approximate surface area is 207 Å². The van der Waals surface area contributed by atoms with Crippen LogP contribution in [0.2, 0.25) is 0 Å². The standard InChI is InChI=1S/C28H26FN5O2/c1-36-23-9-5-2-6-19(23)15-17-34-26(30)24(25-27(34)33-22-8-4-3-7-21(22)32-25)28(35)31-16-14-18-10-12-20(29)13-11-18/h2-13H,14-17,30H2,1H3,(H,31,35). The number of aryl methyl sites for hydroxylation is 2. The lowest BCUT2D eigenvalue weighted by molar-refractivity contribution is 0.0956. The highest BCUT2D eigenvalue weighted by Crippen LogP contribution is 2.29. The fourth-order valence-electron chi connectivity index (χ4n) is 4.37. The molecule has 3 N–H and O–H groups in total. The molecular weight excluding hydrogens is 457 g/mol. The van der Waals surface area contributed by atoms with E-state index in [0.29, 0.717) is 54.0 Å². The van der Waals surface area contributed by atoms with E-state index in [2.05, 4.69) is 5.32 Å². The average molecular weight is 484 g/mol. The molecule has 0 aliphatic carbocycles. The Hall–Kier alpha value is -4.46. The zero-order valence-corrected chi connectivity index (χ0v) is 19.9. The molecule has 5 rings (SSSR count). The molecule has 0 fully saturated rings. The minimum atomic E-state index is -0.319. The molecule has 0 radical (unpaired) electrons. The number of methoxy groups -OCH3 is 1. The second-order valence-corrected chi connectivity index (χ2v) is 8.49. The first-order valence-electron chi connectivity index (χ1n) is 11.7. The average Bonchev–Trinajstić information content (AvgIpc) is 3.17. The van der Waals surface area contributed by atoms with E-state index in [4.69, 9.17) is 20.4 Å². The van der Waals surface area contributed by atoms with Crippen molar-refractivity contribution in [2.24, 2.45) is 0 Å². The number of aromatic nitrogens is 3. The molecule has 182 valence electrons. The minimum Gasteiger partial charge on any atom is -0.496 e. The summed E-state index contributed by atoms with van der Waals surface area (Å²) in [5.41, 5.74) is 11.3. The van der Waals surface area contributed by atoms with Gasteiger partial charge in [-0.05, 0) is 54.3 Å². The van der Waals surface area contributed by atoms with Gasteiger partial charge in [-0.2, -0.15) is 0 Å². The van der Waals surface area contributed by atoms with Crippen LogP contribution in [0.15, 0.2) is 72.8 Å². The topological polar surface area (TPSA) is 95.1 Å². The van der Waals surface area contributed by atoms with E-state index in [0.717, 1.165) is 22.4 Å². The van der Waals surface area contributed by atoms with Crippen LogP contribution in [0.1, 0.15) is 21.5 Å². The Morgan fingerprint density at radius 2 is 1.67 bits per heavy atom. The van der Waals surface area contributed by atoms with Gasteiger partial charge in [0.1, 0.15) is 28.5 Å². The van der Waals surface area contributed by atoms with Gasteiger partial charge in [0.05, 0.1) is 18.1 Å². The summed E-state index contributed by atoms with van der Waals surface area (Å²) in [5.74, 6) is 0.500. The number of nitrogens with two attached hydrogens (primary N) is 1. The molecule has 0 saturated heterocycles. The third-order valence-electron chi connectivity index (χ3n) is 6.23. The van der Waals surface area contributed by atoms with Crippen LogP contribution in [0.4, 0.5) is 10.2 Å². The van der Waals surface area contributed by atoms with Gasteiger partial charge in [0.15, 0.2) is 5.65 Å². The molecule has 0 unspecified atom stereocenters. The van der Waals surface area contributed by atoms with Gasteiger partial charge in [0, 0.05) is 13.1 Å². The number of nitrogens with one attached hydrogen (secondary N) is 1. The molecule has 0 aliphatic rings. The predicted octanol–water partition coefficient (Wildman–Crippen LogP) is 4.53. The van der Waals surface area contributed by atoms with Crippen molar-refractivity contribution in [1.29, 1.82) is 0 Å². The molecule has 5 aromatic rings. The number of ether oxygens (including phenoxy) is 1. The van der Waals surface area contributed by atoms with E-state index in [1.54, 1.807) is 19.2 Å². The number of hydrogen-bond donors (Lipinski definition) is 2. The van der Waals surface area contributed by atoms with Crippen molar-refractivity contribution in [3.8, 4) is 5.75 Å². The van der Waals surface area contributed by atoms with Crippen LogP contribution >= 0.6 is 0 Å². The molecule has 0 atom stereocenters. The van der Waals surface area contributed by atoms with Crippen LogP contribution in [0.5, 0.6) is 5.75 Å². The number of rotatable bonds is 8. The van der Waals surface area contributed by atoms with Gasteiger partial charge in [-0.1, -0.05) is 42.5 Å². The van der Waals surface area contributed by atoms with E-state index in [1.165, 1.54) is 12.1 Å². The summed E-state index contributed by atoms with van der Waals surface area (Å²) >= 11 is 0. The third kappa shape index (κ3) is 4.57. The lowest BCUT2D eigenvalue weighted by Gasteiger charge is -2.11. The van der Waals surface area contributed by atoms with Crippen molar-refractivity contribution in [2.45, 2.75) is 19.4 Å². The van der Waals surface area contributed by atoms with Gasteiger partial charge in [0.2, 0.25) is 0 Å². The molecule has 0 saturated carbocycles. The Bertz CT molecular complexity index is 1550. The van der Waals surface area contributed by atoms with E-state index >= 15 is 0 Å². The largest absolute Gasteiger partial charge is 0.496 e. The van der Waals surface area contributed by atoms with Gasteiger partial charge in [0.25, 0.3) is 5.91 Å². The highest BCUT2D eigenvalue weighted by atomic mass is 19.1. The maximum Gasteiger partial charge on any atom is 0.257 e. The van der Waals surface area contributed by atoms with Crippen molar-refractivity contribution in [1.82, 2.24) is 19.9 Å². The summed E-state index contributed by atoms with van der Waals surface area (Å²) < 4.78 is 20.5. The van der Waals surface area contributed by atoms with Gasteiger partial charge >= 0.3 is 0 Å². The molecule has 7 nitrogen and oxygen atoms in total. The normalized spacial score (nSPS) is 11.2. The summed E-state index contributed by atoms with van der Waals surface area (Å²) in [7, 11) is 1.64. The summed E-state index contributed by atoms with van der Waals surface area (Å²) in [6, 6.07) is 21.6. The van der Waals surface area contributed by atoms with Crippen molar-refractivity contribution >= 4 is 33.9 Å². The molecule has 2 heterocycles. The molecule has 2 aromatic heterocycles. The van der Waals surface area contributed by atoms with Crippen LogP contribution < -0.4 is 15.8 Å². The van der Waals surface area contributed by atoms with Crippen LogP contribution in [0, 0.1) is 5.82 Å². The third-order valence-corrected chi connectivity index (χ3v) is 6.23. The predicted molar refractivity (Wildman–Crippen MR) is 139 cm³/mol. The SMILES string of the molecule is COc1ccccc1CCn1c(N)c(C(=O)NCCc2ccc(F)cc2)c2nc3ccccc3nc21. The Kier molecular flexibility index (Phi) is 6.49. The van der Waals surface area contributed by atoms with Gasteiger partial charge in [-0.25, -0.2) is 14.4 Å². The molecule has 8 heteroatoms. The second-order valence-electron chi connectivity index (χ2n) is 8.49. The molecule has 0 spiro atoms. The Balaban J connectivity index is 1.47. The molecule has 1 amide bonds. The van der Waals surface area contributed by atoms with Gasteiger partial charge < -0.3 is 20.4 Å². The minimum absolute atomic E-state index is 0.290. The Morgan fingerprint density at radius 3 is 2.42 bits per heavy atom. The number of fused-ring (bicyclic) bond motifs is 2. The number of carbonyl (C=O) groups is 1. The van der Waals surface area contributed by atoms with E-state index in [-0.39, 0.29) is 11.7 Å². The first kappa shape index (κ1) is 23.3. The lowest BCUT2D eigenvalue weighted by Crippen LogP contribution is -2.26. The number of halogens is 1. The summed E-state index contributed by atoms with van der Waals surface area (Å²) in [4.78, 5) is 22.9. The Morgan fingerprint density at radius 1 is 0.972 bits per heavy atom. The molecule has 0 bridgehead atoms. The summed E-state index contributed by atoms with van der Waals surface area (Å²) in [6.07, 6.45) is 1.20. The number of para-hydroxylation sites is 3. The van der Waals surface area contributed by atoms with Gasteiger partial charge in [-0.3, -0.25) is 4.79 Å². The first-order chi connectivity index (χ1) is 17.5. The number of nitrogens with zero attached hydrogens (tertiary/aromatic N) is 3. The van der Waals surface area contributed by atoms with Crippen molar-refractivity contribution in [3.05, 3.63) is 95.3 Å². The van der Waals surface area contributed by atoms with E-state index in [1.807, 2.05) is 53.1 Å². The zero-order valence-electron chi connectivity index (χ0n) is 19.9. The monoisotopic (exact) mass is 483 g/mol.